The lowest BCUT2D eigenvalue weighted by Gasteiger charge is -2.15. The monoisotopic (exact) mass is 340 g/mol. The number of phenols is 1. The van der Waals surface area contributed by atoms with Crippen LogP contribution in [0.2, 0.25) is 0 Å². The van der Waals surface area contributed by atoms with Crippen molar-refractivity contribution in [2.24, 2.45) is 0 Å². The zero-order valence-corrected chi connectivity index (χ0v) is 14.3. The highest BCUT2D eigenvalue weighted by atomic mass is 16.5. The summed E-state index contributed by atoms with van der Waals surface area (Å²) in [5.41, 5.74) is 1.54. The van der Waals surface area contributed by atoms with Crippen LogP contribution in [0.4, 0.5) is 0 Å². The van der Waals surface area contributed by atoms with Crippen LogP contribution in [0.5, 0.6) is 11.5 Å². The Bertz CT molecular complexity index is 677. The van der Waals surface area contributed by atoms with Gasteiger partial charge in [0, 0.05) is 18.7 Å². The minimum Gasteiger partial charge on any atom is -0.508 e. The lowest BCUT2D eigenvalue weighted by Crippen LogP contribution is -2.25. The molecular weight excluding hydrogens is 316 g/mol. The third kappa shape index (κ3) is 5.22. The van der Waals surface area contributed by atoms with Crippen LogP contribution in [-0.2, 0) is 6.54 Å². The largest absolute Gasteiger partial charge is 0.508 e. The van der Waals surface area contributed by atoms with Crippen molar-refractivity contribution in [3.05, 3.63) is 59.7 Å². The second-order valence-electron chi connectivity index (χ2n) is 6.27. The summed E-state index contributed by atoms with van der Waals surface area (Å²) in [6.45, 7) is 4.39. The van der Waals surface area contributed by atoms with E-state index >= 15 is 0 Å². The van der Waals surface area contributed by atoms with Crippen molar-refractivity contribution in [3.63, 3.8) is 0 Å². The van der Waals surface area contributed by atoms with Gasteiger partial charge in [-0.3, -0.25) is 9.69 Å². The highest BCUT2D eigenvalue weighted by Crippen LogP contribution is 2.14. The maximum absolute atomic E-state index is 12.2. The van der Waals surface area contributed by atoms with Crippen molar-refractivity contribution < 1.29 is 14.6 Å². The molecule has 0 atom stereocenters. The number of nitrogens with zero attached hydrogens (tertiary/aromatic N) is 1. The number of carbonyl (C=O) groups is 1. The fourth-order valence-corrected chi connectivity index (χ4v) is 2.90. The molecule has 0 aromatic heterocycles. The molecule has 0 aliphatic carbocycles. The predicted molar refractivity (Wildman–Crippen MR) is 96.9 cm³/mol. The SMILES string of the molecule is O=C(NCc1ccc(O)cc1)c1ccc(OCCN2CCCC2)cc1. The Kier molecular flexibility index (Phi) is 5.90. The predicted octanol–water partition coefficient (Wildman–Crippen LogP) is 2.80. The molecule has 0 bridgehead atoms. The van der Waals surface area contributed by atoms with Crippen LogP contribution in [0, 0.1) is 0 Å². The first kappa shape index (κ1) is 17.3. The van der Waals surface area contributed by atoms with Gasteiger partial charge in [-0.1, -0.05) is 12.1 Å². The van der Waals surface area contributed by atoms with E-state index in [4.69, 9.17) is 4.74 Å². The molecule has 1 heterocycles. The molecule has 5 heteroatoms. The molecule has 25 heavy (non-hydrogen) atoms. The first-order valence-electron chi connectivity index (χ1n) is 8.72. The van der Waals surface area contributed by atoms with E-state index in [1.807, 2.05) is 12.1 Å². The summed E-state index contributed by atoms with van der Waals surface area (Å²) in [7, 11) is 0. The fourth-order valence-electron chi connectivity index (χ4n) is 2.90. The minimum absolute atomic E-state index is 0.128. The van der Waals surface area contributed by atoms with Gasteiger partial charge in [0.05, 0.1) is 0 Å². The van der Waals surface area contributed by atoms with Gasteiger partial charge >= 0.3 is 0 Å². The van der Waals surface area contributed by atoms with Gasteiger partial charge in [-0.2, -0.15) is 0 Å². The zero-order valence-electron chi connectivity index (χ0n) is 14.3. The van der Waals surface area contributed by atoms with Crippen LogP contribution >= 0.6 is 0 Å². The standard InChI is InChI=1S/C20H24N2O3/c23-18-7-3-16(4-8-18)15-21-20(24)17-5-9-19(10-6-17)25-14-13-22-11-1-2-12-22/h3-10,23H,1-2,11-15H2,(H,21,24). The Morgan fingerprint density at radius 2 is 1.72 bits per heavy atom. The fraction of sp³-hybridized carbons (Fsp3) is 0.350. The molecule has 0 saturated carbocycles. The summed E-state index contributed by atoms with van der Waals surface area (Å²) in [5, 5.41) is 12.1. The number of aromatic hydroxyl groups is 1. The highest BCUT2D eigenvalue weighted by molar-refractivity contribution is 5.94. The molecule has 0 radical (unpaired) electrons. The summed E-state index contributed by atoms with van der Waals surface area (Å²) in [4.78, 5) is 14.6. The maximum atomic E-state index is 12.2. The molecule has 2 aromatic carbocycles. The number of amides is 1. The molecule has 0 unspecified atom stereocenters. The average molecular weight is 340 g/mol. The number of phenolic OH excluding ortho intramolecular Hbond substituents is 1. The Hall–Kier alpha value is -2.53. The molecule has 132 valence electrons. The molecule has 1 fully saturated rings. The molecule has 1 aliphatic rings. The van der Waals surface area contributed by atoms with Crippen molar-refractivity contribution >= 4 is 5.91 Å². The Labute approximate surface area is 148 Å². The van der Waals surface area contributed by atoms with E-state index in [1.54, 1.807) is 36.4 Å². The van der Waals surface area contributed by atoms with Crippen molar-refractivity contribution in [2.45, 2.75) is 19.4 Å². The number of nitrogens with one attached hydrogen (secondary N) is 1. The Balaban J connectivity index is 1.44. The molecule has 5 nitrogen and oxygen atoms in total. The number of hydrogen-bond acceptors (Lipinski definition) is 4. The van der Waals surface area contributed by atoms with Crippen LogP contribution in [0.1, 0.15) is 28.8 Å². The Morgan fingerprint density at radius 3 is 2.40 bits per heavy atom. The normalized spacial score (nSPS) is 14.4. The zero-order chi connectivity index (χ0) is 17.5. The van der Waals surface area contributed by atoms with Crippen molar-refractivity contribution in [1.82, 2.24) is 10.2 Å². The third-order valence-electron chi connectivity index (χ3n) is 4.38. The smallest absolute Gasteiger partial charge is 0.251 e. The van der Waals surface area contributed by atoms with E-state index in [-0.39, 0.29) is 11.7 Å². The Morgan fingerprint density at radius 1 is 1.04 bits per heavy atom. The number of benzene rings is 2. The van der Waals surface area contributed by atoms with Crippen molar-refractivity contribution in [3.8, 4) is 11.5 Å². The van der Waals surface area contributed by atoms with Crippen molar-refractivity contribution in [1.29, 1.82) is 0 Å². The van der Waals surface area contributed by atoms with Gasteiger partial charge in [-0.15, -0.1) is 0 Å². The summed E-state index contributed by atoms with van der Waals surface area (Å²) < 4.78 is 5.75. The topological polar surface area (TPSA) is 61.8 Å². The van der Waals surface area contributed by atoms with Crippen LogP contribution < -0.4 is 10.1 Å². The second-order valence-corrected chi connectivity index (χ2v) is 6.27. The summed E-state index contributed by atoms with van der Waals surface area (Å²) in [5.74, 6) is 0.876. The van der Waals surface area contributed by atoms with Crippen LogP contribution in [0.25, 0.3) is 0 Å². The summed E-state index contributed by atoms with van der Waals surface area (Å²) in [6, 6.07) is 14.0. The van der Waals surface area contributed by atoms with E-state index in [9.17, 15) is 9.90 Å². The van der Waals surface area contributed by atoms with Gasteiger partial charge in [-0.05, 0) is 67.9 Å². The number of hydrogen-bond donors (Lipinski definition) is 2. The van der Waals surface area contributed by atoms with Gasteiger partial charge < -0.3 is 15.2 Å². The highest BCUT2D eigenvalue weighted by Gasteiger charge is 2.11. The summed E-state index contributed by atoms with van der Waals surface area (Å²) in [6.07, 6.45) is 2.57. The third-order valence-corrected chi connectivity index (χ3v) is 4.38. The molecule has 3 rings (SSSR count). The first-order valence-corrected chi connectivity index (χ1v) is 8.72. The maximum Gasteiger partial charge on any atom is 0.251 e. The van der Waals surface area contributed by atoms with E-state index in [0.29, 0.717) is 18.7 Å². The molecule has 1 aliphatic heterocycles. The minimum atomic E-state index is -0.128. The molecule has 0 spiro atoms. The number of ether oxygens (including phenoxy) is 1. The number of rotatable bonds is 7. The molecule has 2 aromatic rings. The second kappa shape index (κ2) is 8.53. The molecule has 2 N–H and O–H groups in total. The van der Waals surface area contributed by atoms with Crippen molar-refractivity contribution in [2.75, 3.05) is 26.2 Å². The molecule has 1 saturated heterocycles. The quantitative estimate of drug-likeness (QED) is 0.814. The summed E-state index contributed by atoms with van der Waals surface area (Å²) >= 11 is 0. The lowest BCUT2D eigenvalue weighted by molar-refractivity contribution is 0.0951. The number of carbonyl (C=O) groups excluding carboxylic acids is 1. The van der Waals surface area contributed by atoms with Crippen LogP contribution in [-0.4, -0.2) is 42.2 Å². The van der Waals surface area contributed by atoms with E-state index in [2.05, 4.69) is 10.2 Å². The van der Waals surface area contributed by atoms with Gasteiger partial charge in [0.1, 0.15) is 18.1 Å². The van der Waals surface area contributed by atoms with E-state index in [1.165, 1.54) is 25.9 Å². The molecule has 1 amide bonds. The first-order chi connectivity index (χ1) is 12.2. The van der Waals surface area contributed by atoms with Gasteiger partial charge in [-0.25, -0.2) is 0 Å². The lowest BCUT2D eigenvalue weighted by atomic mass is 10.2. The number of likely N-dealkylation sites (tertiary alicyclic amines) is 1. The van der Waals surface area contributed by atoms with Gasteiger partial charge in [0.2, 0.25) is 0 Å². The van der Waals surface area contributed by atoms with E-state index < -0.39 is 0 Å². The van der Waals surface area contributed by atoms with Crippen LogP contribution in [0.3, 0.4) is 0 Å². The average Bonchev–Trinajstić information content (AvgIpc) is 3.15. The van der Waals surface area contributed by atoms with Gasteiger partial charge in [0.15, 0.2) is 0 Å². The molecular formula is C20H24N2O3. The van der Waals surface area contributed by atoms with Crippen LogP contribution in [0.15, 0.2) is 48.5 Å². The van der Waals surface area contributed by atoms with Gasteiger partial charge in [0.25, 0.3) is 5.91 Å². The van der Waals surface area contributed by atoms with E-state index in [0.717, 1.165) is 17.9 Å².